The molecule has 9 unspecified atom stereocenters. The third-order valence-electron chi connectivity index (χ3n) is 5.97. The number of carbonyl (C=O) groups is 2. The van der Waals surface area contributed by atoms with Gasteiger partial charge in [0.1, 0.15) is 17.9 Å². The molecule has 138 valence electrons. The summed E-state index contributed by atoms with van der Waals surface area (Å²) in [6, 6.07) is 0. The molecule has 4 aliphatic rings. The van der Waals surface area contributed by atoms with Crippen LogP contribution in [0.25, 0.3) is 0 Å². The highest BCUT2D eigenvalue weighted by atomic mass is 16.8. The highest BCUT2D eigenvalue weighted by Gasteiger charge is 2.74. The van der Waals surface area contributed by atoms with Crippen LogP contribution in [0.2, 0.25) is 0 Å². The Labute approximate surface area is 145 Å². The number of esters is 2. The standard InChI is InChI=1S/C17H22O8/c1-7(20-2)9-12-17(25-14(9)19)6-5-8-10(13(18)21-3)15(22-4)24-16(23-12)11(8)17/h5-12,15-16H,1-4H3. The fourth-order valence-electron chi connectivity index (χ4n) is 4.75. The van der Waals surface area contributed by atoms with Crippen LogP contribution in [-0.2, 0) is 38.0 Å². The van der Waals surface area contributed by atoms with Gasteiger partial charge in [0.05, 0.1) is 19.1 Å². The summed E-state index contributed by atoms with van der Waals surface area (Å²) in [5.74, 6) is -2.55. The van der Waals surface area contributed by atoms with Crippen LogP contribution < -0.4 is 0 Å². The predicted molar refractivity (Wildman–Crippen MR) is 81.0 cm³/mol. The second-order valence-electron chi connectivity index (χ2n) is 6.92. The zero-order valence-electron chi connectivity index (χ0n) is 14.5. The average Bonchev–Trinajstić information content (AvgIpc) is 3.21. The highest BCUT2D eigenvalue weighted by Crippen LogP contribution is 2.59. The van der Waals surface area contributed by atoms with E-state index in [0.717, 1.165) is 0 Å². The Bertz CT molecular complexity index is 618. The summed E-state index contributed by atoms with van der Waals surface area (Å²) in [5.41, 5.74) is -0.936. The van der Waals surface area contributed by atoms with Crippen molar-refractivity contribution >= 4 is 11.9 Å². The summed E-state index contributed by atoms with van der Waals surface area (Å²) in [6.07, 6.45) is 1.43. The zero-order chi connectivity index (χ0) is 17.9. The zero-order valence-corrected chi connectivity index (χ0v) is 14.5. The minimum absolute atomic E-state index is 0.259. The van der Waals surface area contributed by atoms with E-state index in [4.69, 9.17) is 28.4 Å². The Kier molecular flexibility index (Phi) is 3.91. The summed E-state index contributed by atoms with van der Waals surface area (Å²) < 4.78 is 33.4. The number of rotatable bonds is 4. The summed E-state index contributed by atoms with van der Waals surface area (Å²) in [4.78, 5) is 24.8. The lowest BCUT2D eigenvalue weighted by Gasteiger charge is -2.41. The molecule has 0 saturated carbocycles. The molecular formula is C17H22O8. The Morgan fingerprint density at radius 1 is 1.28 bits per heavy atom. The van der Waals surface area contributed by atoms with E-state index < -0.39 is 42.1 Å². The van der Waals surface area contributed by atoms with E-state index in [-0.39, 0.29) is 23.9 Å². The minimum Gasteiger partial charge on any atom is -0.469 e. The first-order valence-electron chi connectivity index (χ1n) is 8.35. The van der Waals surface area contributed by atoms with Crippen LogP contribution in [0.4, 0.5) is 0 Å². The highest BCUT2D eigenvalue weighted by molar-refractivity contribution is 5.79. The van der Waals surface area contributed by atoms with Gasteiger partial charge >= 0.3 is 11.9 Å². The maximum absolute atomic E-state index is 12.5. The lowest BCUT2D eigenvalue weighted by Crippen LogP contribution is -2.53. The van der Waals surface area contributed by atoms with Gasteiger partial charge in [-0.2, -0.15) is 0 Å². The molecule has 0 aromatic carbocycles. The molecule has 3 saturated heterocycles. The molecule has 0 aromatic rings. The molecule has 3 fully saturated rings. The molecule has 8 nitrogen and oxygen atoms in total. The Morgan fingerprint density at radius 2 is 2.04 bits per heavy atom. The molecule has 3 heterocycles. The largest absolute Gasteiger partial charge is 0.469 e. The molecule has 0 amide bonds. The normalized spacial score (nSPS) is 48.0. The molecule has 3 aliphatic heterocycles. The van der Waals surface area contributed by atoms with E-state index in [2.05, 4.69) is 0 Å². The maximum Gasteiger partial charge on any atom is 0.315 e. The van der Waals surface area contributed by atoms with Gasteiger partial charge in [-0.15, -0.1) is 0 Å². The SMILES string of the molecule is COC(=O)C1C(OC)OC2OC3C(C(C)OC)C(=O)OC34C=CC1C24. The molecule has 0 bridgehead atoms. The Hall–Kier alpha value is -1.48. The summed E-state index contributed by atoms with van der Waals surface area (Å²) in [7, 11) is 4.35. The van der Waals surface area contributed by atoms with E-state index in [0.29, 0.717) is 0 Å². The van der Waals surface area contributed by atoms with E-state index in [1.165, 1.54) is 14.2 Å². The van der Waals surface area contributed by atoms with Crippen LogP contribution in [0.5, 0.6) is 0 Å². The van der Waals surface area contributed by atoms with Gasteiger partial charge in [0.15, 0.2) is 18.2 Å². The van der Waals surface area contributed by atoms with E-state index >= 15 is 0 Å². The van der Waals surface area contributed by atoms with Crippen molar-refractivity contribution in [3.8, 4) is 0 Å². The van der Waals surface area contributed by atoms with E-state index in [9.17, 15) is 9.59 Å². The smallest absolute Gasteiger partial charge is 0.315 e. The molecule has 0 aromatic heterocycles. The molecule has 25 heavy (non-hydrogen) atoms. The first-order chi connectivity index (χ1) is 12.0. The molecule has 0 radical (unpaired) electrons. The van der Waals surface area contributed by atoms with Crippen LogP contribution >= 0.6 is 0 Å². The van der Waals surface area contributed by atoms with E-state index in [1.54, 1.807) is 7.11 Å². The van der Waals surface area contributed by atoms with Gasteiger partial charge in [0.25, 0.3) is 0 Å². The first-order valence-corrected chi connectivity index (χ1v) is 8.35. The van der Waals surface area contributed by atoms with Crippen molar-refractivity contribution in [2.75, 3.05) is 21.3 Å². The topological polar surface area (TPSA) is 89.5 Å². The van der Waals surface area contributed by atoms with Gasteiger partial charge in [-0.25, -0.2) is 0 Å². The van der Waals surface area contributed by atoms with Crippen molar-refractivity contribution in [1.82, 2.24) is 0 Å². The molecule has 4 rings (SSSR count). The molecular weight excluding hydrogens is 332 g/mol. The number of allylic oxidation sites excluding steroid dienone is 1. The third-order valence-corrected chi connectivity index (χ3v) is 5.97. The molecule has 8 heteroatoms. The number of methoxy groups -OCH3 is 3. The summed E-state index contributed by atoms with van der Waals surface area (Å²) in [5, 5.41) is 0. The van der Waals surface area contributed by atoms with E-state index in [1.807, 2.05) is 19.1 Å². The van der Waals surface area contributed by atoms with Crippen molar-refractivity contribution in [3.63, 3.8) is 0 Å². The molecule has 1 aliphatic carbocycles. The van der Waals surface area contributed by atoms with Gasteiger partial charge in [-0.3, -0.25) is 9.59 Å². The second kappa shape index (κ2) is 5.77. The molecule has 1 spiro atoms. The van der Waals surface area contributed by atoms with Crippen molar-refractivity contribution < 1.29 is 38.0 Å². The summed E-state index contributed by atoms with van der Waals surface area (Å²) >= 11 is 0. The fourth-order valence-corrected chi connectivity index (χ4v) is 4.75. The summed E-state index contributed by atoms with van der Waals surface area (Å²) in [6.45, 7) is 1.81. The van der Waals surface area contributed by atoms with Gasteiger partial charge in [0, 0.05) is 20.1 Å². The van der Waals surface area contributed by atoms with Crippen molar-refractivity contribution in [2.45, 2.75) is 37.3 Å². The van der Waals surface area contributed by atoms with Crippen molar-refractivity contribution in [3.05, 3.63) is 12.2 Å². The number of hydrogen-bond donors (Lipinski definition) is 0. The quantitative estimate of drug-likeness (QED) is 0.524. The maximum atomic E-state index is 12.5. The lowest BCUT2D eigenvalue weighted by molar-refractivity contribution is -0.295. The van der Waals surface area contributed by atoms with Gasteiger partial charge < -0.3 is 28.4 Å². The van der Waals surface area contributed by atoms with Crippen LogP contribution in [0, 0.1) is 23.7 Å². The van der Waals surface area contributed by atoms with Crippen molar-refractivity contribution in [2.24, 2.45) is 23.7 Å². The van der Waals surface area contributed by atoms with Crippen LogP contribution in [0.3, 0.4) is 0 Å². The van der Waals surface area contributed by atoms with Crippen LogP contribution in [0.1, 0.15) is 6.92 Å². The monoisotopic (exact) mass is 354 g/mol. The van der Waals surface area contributed by atoms with Crippen molar-refractivity contribution in [1.29, 1.82) is 0 Å². The fraction of sp³-hybridized carbons (Fsp3) is 0.765. The molecule has 9 atom stereocenters. The van der Waals surface area contributed by atoms with Crippen LogP contribution in [0.15, 0.2) is 12.2 Å². The molecule has 0 N–H and O–H groups in total. The average molecular weight is 354 g/mol. The predicted octanol–water partition coefficient (Wildman–Crippen LogP) is 0.252. The van der Waals surface area contributed by atoms with Gasteiger partial charge in [-0.1, -0.05) is 6.08 Å². The Balaban J connectivity index is 1.71. The third kappa shape index (κ3) is 2.08. The van der Waals surface area contributed by atoms with Crippen LogP contribution in [-0.4, -0.2) is 63.7 Å². The lowest BCUT2D eigenvalue weighted by atomic mass is 9.74. The minimum atomic E-state index is -0.936. The van der Waals surface area contributed by atoms with Gasteiger partial charge in [-0.05, 0) is 13.0 Å². The number of carbonyl (C=O) groups excluding carboxylic acids is 2. The number of ether oxygens (including phenoxy) is 6. The Morgan fingerprint density at radius 3 is 2.68 bits per heavy atom. The second-order valence-corrected chi connectivity index (χ2v) is 6.92. The number of hydrogen-bond acceptors (Lipinski definition) is 8. The first kappa shape index (κ1) is 17.0. The van der Waals surface area contributed by atoms with Gasteiger partial charge in [0.2, 0.25) is 0 Å².